The number of anilines is 3. The zero-order valence-corrected chi connectivity index (χ0v) is 25.5. The molecule has 1 aliphatic heterocycles. The molecule has 0 radical (unpaired) electrons. The van der Waals surface area contributed by atoms with Crippen LogP contribution in [0.1, 0.15) is 35.1 Å². The van der Waals surface area contributed by atoms with Crippen molar-refractivity contribution in [2.45, 2.75) is 18.3 Å². The Morgan fingerprint density at radius 2 is 1.33 bits per heavy atom. The molecule has 3 aliphatic rings. The van der Waals surface area contributed by atoms with Crippen molar-refractivity contribution < 1.29 is 0 Å². The van der Waals surface area contributed by atoms with Gasteiger partial charge in [0.25, 0.3) is 0 Å². The summed E-state index contributed by atoms with van der Waals surface area (Å²) in [5.74, 6) is 1.21. The van der Waals surface area contributed by atoms with Gasteiger partial charge in [0.15, 0.2) is 5.82 Å². The molecule has 4 heteroatoms. The second-order valence-corrected chi connectivity index (χ2v) is 12.6. The second-order valence-electron chi connectivity index (χ2n) is 12.6. The number of aliphatic imine (C=N–C) groups is 1. The van der Waals surface area contributed by atoms with Crippen LogP contribution in [0.2, 0.25) is 0 Å². The molecule has 0 bridgehead atoms. The molecule has 5 aromatic carbocycles. The third kappa shape index (κ3) is 3.55. The molecular weight excluding hydrogens is 560 g/mol. The van der Waals surface area contributed by atoms with Gasteiger partial charge in [0, 0.05) is 28.0 Å². The molecule has 4 nitrogen and oxygen atoms in total. The molecule has 6 aromatic rings. The number of allylic oxidation sites excluding steroid dienone is 2. The zero-order valence-electron chi connectivity index (χ0n) is 25.5. The third-order valence-electron chi connectivity index (χ3n) is 10.3. The number of para-hydroxylation sites is 4. The molecule has 9 rings (SSSR count). The monoisotopic (exact) mass is 592 g/mol. The fraction of sp³-hybridized carbons (Fsp3) is 0.0952. The van der Waals surface area contributed by atoms with Crippen molar-refractivity contribution in [1.82, 2.24) is 4.98 Å². The summed E-state index contributed by atoms with van der Waals surface area (Å²) in [5, 5.41) is 1.08. The van der Waals surface area contributed by atoms with Gasteiger partial charge in [0.2, 0.25) is 0 Å². The van der Waals surface area contributed by atoms with Crippen LogP contribution in [0.3, 0.4) is 0 Å². The van der Waals surface area contributed by atoms with Gasteiger partial charge in [-0.25, -0.2) is 9.98 Å². The minimum Gasteiger partial charge on any atom is -0.383 e. The number of nitrogens with two attached hydrogens (primary N) is 1. The lowest BCUT2D eigenvalue weighted by atomic mass is 9.52. The van der Waals surface area contributed by atoms with E-state index >= 15 is 0 Å². The van der Waals surface area contributed by atoms with E-state index in [9.17, 15) is 0 Å². The molecule has 2 N–H and O–H groups in total. The second kappa shape index (κ2) is 9.88. The van der Waals surface area contributed by atoms with E-state index in [4.69, 9.17) is 15.7 Å². The van der Waals surface area contributed by atoms with Crippen LogP contribution in [0, 0.1) is 5.41 Å². The van der Waals surface area contributed by atoms with Crippen molar-refractivity contribution in [3.8, 4) is 0 Å². The van der Waals surface area contributed by atoms with Crippen molar-refractivity contribution in [2.24, 2.45) is 16.1 Å². The summed E-state index contributed by atoms with van der Waals surface area (Å²) in [6.45, 7) is 2.41. The van der Waals surface area contributed by atoms with Crippen molar-refractivity contribution in [2.75, 3.05) is 4.90 Å². The van der Waals surface area contributed by atoms with Crippen molar-refractivity contribution in [3.05, 3.63) is 186 Å². The number of benzene rings is 5. The number of amidine groups is 1. The van der Waals surface area contributed by atoms with Crippen molar-refractivity contribution >= 4 is 39.6 Å². The Labute approximate surface area is 268 Å². The Balaban J connectivity index is 1.29. The predicted molar refractivity (Wildman–Crippen MR) is 189 cm³/mol. The van der Waals surface area contributed by atoms with Gasteiger partial charge in [0.05, 0.1) is 22.3 Å². The summed E-state index contributed by atoms with van der Waals surface area (Å²) in [4.78, 5) is 12.1. The molecule has 0 fully saturated rings. The van der Waals surface area contributed by atoms with Crippen LogP contribution in [0.15, 0.2) is 168 Å². The number of pyridine rings is 1. The topological polar surface area (TPSA) is 54.5 Å². The highest BCUT2D eigenvalue weighted by molar-refractivity contribution is 6.02. The highest BCUT2D eigenvalue weighted by Crippen LogP contribution is 2.71. The fourth-order valence-corrected chi connectivity index (χ4v) is 8.47. The summed E-state index contributed by atoms with van der Waals surface area (Å²) in [5.41, 5.74) is 16.6. The fourth-order valence-electron chi connectivity index (χ4n) is 8.47. The van der Waals surface area contributed by atoms with Crippen LogP contribution in [0.25, 0.3) is 10.9 Å². The van der Waals surface area contributed by atoms with E-state index in [-0.39, 0.29) is 5.92 Å². The normalized spacial score (nSPS) is 20.5. The van der Waals surface area contributed by atoms with Gasteiger partial charge >= 0.3 is 0 Å². The maximum Gasteiger partial charge on any atom is 0.154 e. The van der Waals surface area contributed by atoms with Gasteiger partial charge in [-0.15, -0.1) is 0 Å². The van der Waals surface area contributed by atoms with Crippen molar-refractivity contribution in [3.63, 3.8) is 0 Å². The lowest BCUT2D eigenvalue weighted by molar-refractivity contribution is 0.286. The van der Waals surface area contributed by atoms with E-state index in [0.29, 0.717) is 11.7 Å². The first-order valence-electron chi connectivity index (χ1n) is 15.8. The Morgan fingerprint density at radius 1 is 0.696 bits per heavy atom. The highest BCUT2D eigenvalue weighted by atomic mass is 15.2. The van der Waals surface area contributed by atoms with Gasteiger partial charge in [-0.2, -0.15) is 0 Å². The summed E-state index contributed by atoms with van der Waals surface area (Å²) in [6.07, 6.45) is 6.89. The zero-order chi connectivity index (χ0) is 30.9. The van der Waals surface area contributed by atoms with Crippen LogP contribution in [0.4, 0.5) is 22.9 Å². The third-order valence-corrected chi connectivity index (χ3v) is 10.3. The summed E-state index contributed by atoms with van der Waals surface area (Å²) < 4.78 is 0. The minimum atomic E-state index is -0.482. The average molecular weight is 593 g/mol. The Kier molecular flexibility index (Phi) is 5.72. The minimum absolute atomic E-state index is 0.142. The predicted octanol–water partition coefficient (Wildman–Crippen LogP) is 9.64. The molecular formula is C42H32N4. The SMILES string of the molecule is CC12C=C(C(N)=Nc3ccc4ccccc4n3)C=CC1c1ccccc1C21c2ccccc2N(c2ccccc2)c2ccccc21. The van der Waals surface area contributed by atoms with Crippen LogP contribution in [-0.4, -0.2) is 10.8 Å². The van der Waals surface area contributed by atoms with Crippen LogP contribution in [0.5, 0.6) is 0 Å². The highest BCUT2D eigenvalue weighted by Gasteiger charge is 2.63. The molecule has 46 heavy (non-hydrogen) atoms. The Morgan fingerprint density at radius 3 is 2.09 bits per heavy atom. The standard InChI is InChI=1S/C42H32N4/c1-41-27-29(40(43)45-39-26-24-28-13-5-10-20-36(28)44-39)23-25-32(41)31-16-6-7-17-33(31)42(41)34-18-8-11-21-37(34)46(30-14-3-2-4-15-30)38-22-12-9-19-35(38)42/h2-27,32H,1H3,(H2,43,44,45). The molecule has 1 spiro atoms. The van der Waals surface area contributed by atoms with E-state index in [2.05, 4.69) is 139 Å². The maximum absolute atomic E-state index is 6.86. The van der Waals surface area contributed by atoms with Crippen molar-refractivity contribution in [1.29, 1.82) is 0 Å². The molecule has 2 heterocycles. The lowest BCUT2D eigenvalue weighted by Crippen LogP contribution is -2.47. The molecule has 0 amide bonds. The quantitative estimate of drug-likeness (QED) is 0.164. The van der Waals surface area contributed by atoms with Crippen LogP contribution >= 0.6 is 0 Å². The van der Waals surface area contributed by atoms with E-state index in [1.54, 1.807) is 0 Å². The molecule has 1 aromatic heterocycles. The van der Waals surface area contributed by atoms with Crippen LogP contribution < -0.4 is 10.6 Å². The summed E-state index contributed by atoms with van der Waals surface area (Å²) in [6, 6.07) is 49.6. The van der Waals surface area contributed by atoms with E-state index < -0.39 is 10.8 Å². The molecule has 220 valence electrons. The van der Waals surface area contributed by atoms with Gasteiger partial charge < -0.3 is 10.6 Å². The first kappa shape index (κ1) is 26.6. The maximum atomic E-state index is 6.86. The molecule has 2 atom stereocenters. The Bertz CT molecular complexity index is 2220. The molecule has 2 aliphatic carbocycles. The number of rotatable bonds is 3. The number of hydrogen-bond acceptors (Lipinski definition) is 3. The van der Waals surface area contributed by atoms with Gasteiger partial charge in [-0.1, -0.05) is 122 Å². The summed E-state index contributed by atoms with van der Waals surface area (Å²) in [7, 11) is 0. The smallest absolute Gasteiger partial charge is 0.154 e. The number of nitrogens with zero attached hydrogens (tertiary/aromatic N) is 3. The molecule has 0 saturated heterocycles. The van der Waals surface area contributed by atoms with Gasteiger partial charge in [-0.05, 0) is 64.7 Å². The van der Waals surface area contributed by atoms with E-state index in [1.807, 2.05) is 30.3 Å². The Hall–Kier alpha value is -5.74. The summed E-state index contributed by atoms with van der Waals surface area (Å²) >= 11 is 0. The van der Waals surface area contributed by atoms with Crippen LogP contribution in [-0.2, 0) is 5.41 Å². The molecule has 0 saturated carbocycles. The van der Waals surface area contributed by atoms with Gasteiger partial charge in [0.1, 0.15) is 5.84 Å². The number of aromatic nitrogens is 1. The molecule has 2 unspecified atom stereocenters. The van der Waals surface area contributed by atoms with Gasteiger partial charge in [-0.3, -0.25) is 0 Å². The lowest BCUT2D eigenvalue weighted by Gasteiger charge is -2.52. The first-order valence-corrected chi connectivity index (χ1v) is 15.8. The average Bonchev–Trinajstić information content (AvgIpc) is 3.33. The van der Waals surface area contributed by atoms with E-state index in [1.165, 1.54) is 33.6 Å². The number of hydrogen-bond donors (Lipinski definition) is 1. The van der Waals surface area contributed by atoms with E-state index in [0.717, 1.165) is 22.2 Å². The first-order chi connectivity index (χ1) is 22.6. The largest absolute Gasteiger partial charge is 0.383 e. The number of fused-ring (bicyclic) bond motifs is 10.